The summed E-state index contributed by atoms with van der Waals surface area (Å²) in [5.41, 5.74) is 10.3. The van der Waals surface area contributed by atoms with E-state index in [1.54, 1.807) is 61.1 Å². The summed E-state index contributed by atoms with van der Waals surface area (Å²) in [7, 11) is 13.7. The van der Waals surface area contributed by atoms with E-state index in [-0.39, 0.29) is 24.3 Å². The number of benzene rings is 6. The Hall–Kier alpha value is -13.3. The van der Waals surface area contributed by atoms with E-state index in [9.17, 15) is 18.8 Å². The highest BCUT2D eigenvalue weighted by atomic mass is 19.1. The van der Waals surface area contributed by atoms with Crippen LogP contribution in [-0.2, 0) is 28.0 Å². The molecule has 0 saturated heterocycles. The number of hydrogen-bond donors (Lipinski definition) is 7. The van der Waals surface area contributed by atoms with Gasteiger partial charge in [-0.1, -0.05) is 74.3 Å². The van der Waals surface area contributed by atoms with E-state index in [1.807, 2.05) is 185 Å². The second-order valence-corrected chi connectivity index (χ2v) is 25.6. The minimum Gasteiger partial charge on any atom is -0.492 e. The van der Waals surface area contributed by atoms with Crippen molar-refractivity contribution >= 4 is 102 Å². The van der Waals surface area contributed by atoms with E-state index in [2.05, 4.69) is 86.9 Å². The van der Waals surface area contributed by atoms with Gasteiger partial charge in [0, 0.05) is 96.9 Å². The fourth-order valence-corrected chi connectivity index (χ4v) is 11.3. The lowest BCUT2D eigenvalue weighted by Gasteiger charge is -2.19. The van der Waals surface area contributed by atoms with Gasteiger partial charge in [0.15, 0.2) is 0 Å². The molecule has 6 aromatic heterocycles. The summed E-state index contributed by atoms with van der Waals surface area (Å²) in [5, 5.41) is 33.1. The van der Waals surface area contributed by atoms with Crippen LogP contribution in [0, 0.1) is 0 Å². The average molecular weight is 1520 g/mol. The zero-order valence-electron chi connectivity index (χ0n) is 64.4. The number of amides is 3. The first-order valence-electron chi connectivity index (χ1n) is 36.2. The number of alkyl halides is 1. The first-order chi connectivity index (χ1) is 54.3. The highest BCUT2D eigenvalue weighted by molar-refractivity contribution is 6.03. The molecule has 3 amide bonds. The number of ether oxygens (including phenoxy) is 6. The summed E-state index contributed by atoms with van der Waals surface area (Å²) in [6.07, 6.45) is 10.5. The van der Waals surface area contributed by atoms with Crippen molar-refractivity contribution in [3.05, 3.63) is 190 Å². The van der Waals surface area contributed by atoms with E-state index in [1.165, 1.54) is 18.2 Å². The molecular weight excluding hydrogens is 1430 g/mol. The number of aromatic amines is 1. The third-order valence-electron chi connectivity index (χ3n) is 16.7. The van der Waals surface area contributed by atoms with Crippen LogP contribution in [0.1, 0.15) is 20.8 Å². The van der Waals surface area contributed by atoms with Crippen molar-refractivity contribution in [1.29, 1.82) is 0 Å². The Morgan fingerprint density at radius 2 is 0.857 bits per heavy atom. The predicted octanol–water partition coefficient (Wildman–Crippen LogP) is 13.7. The van der Waals surface area contributed by atoms with Gasteiger partial charge >= 0.3 is 0 Å². The number of para-hydroxylation sites is 3. The quantitative estimate of drug-likeness (QED) is 0.0182. The molecule has 582 valence electrons. The molecule has 30 heteroatoms. The van der Waals surface area contributed by atoms with Crippen molar-refractivity contribution in [3.8, 4) is 68.5 Å². The predicted molar refractivity (Wildman–Crippen MR) is 439 cm³/mol. The van der Waals surface area contributed by atoms with Crippen molar-refractivity contribution in [1.82, 2.24) is 69.1 Å². The van der Waals surface area contributed by atoms with Crippen LogP contribution in [-0.4, -0.2) is 195 Å². The fourth-order valence-electron chi connectivity index (χ4n) is 11.3. The molecule has 0 aliphatic rings. The molecule has 12 rings (SSSR count). The van der Waals surface area contributed by atoms with E-state index < -0.39 is 6.67 Å². The van der Waals surface area contributed by atoms with Crippen molar-refractivity contribution in [2.75, 3.05) is 140 Å². The van der Waals surface area contributed by atoms with Crippen LogP contribution in [0.25, 0.3) is 66.7 Å². The first-order valence-corrected chi connectivity index (χ1v) is 36.2. The van der Waals surface area contributed by atoms with Crippen LogP contribution in [0.2, 0.25) is 0 Å². The van der Waals surface area contributed by atoms with Gasteiger partial charge < -0.3 is 79.6 Å². The lowest BCUT2D eigenvalue weighted by molar-refractivity contribution is -0.112. The van der Waals surface area contributed by atoms with Gasteiger partial charge in [0.25, 0.3) is 0 Å². The molecule has 0 aliphatic carbocycles. The topological polar surface area (TPSA) is 317 Å². The standard InChI is InChI=1S/C29H33FN6O3.C27H31N7O3.C26H29N7O3/c1-5-28(37)32-23-17-24(26(38-6-2)18-27(23)39-16-15-35(3)4)34-29-31-13-11-22(33-29)21-19-36(14-12-30)25-10-8-7-9-20(21)25;1-6-25(35)29-20-16-21(23(36-7-2)17-24(20)37-15-14-33(3)4)31-27-28-13-12-19(30-27)26-18-10-8-9-11-22(18)34(5)32-26;1-5-24(34)28-20-15-21(22(35-6-2)16-23(20)36-14-13-33(3)4)30-26-27-12-11-19(29-26)25-17-9-7-8-10-18(17)31-32-25/h5,7-11,13,17-19H,1,6,12,14-16H2,2-4H3,(H,32,37)(H,31,33,34);6,8-13,16-17H,1,7,14-15H2,2-5H3,(H,29,35)(H,28,30,31);5,7-12,15-16H,1,6,13-14H2,2-4H3,(H,28,34)(H,31,32)(H,27,29,30). The highest BCUT2D eigenvalue weighted by Crippen LogP contribution is 2.42. The molecule has 12 aromatic rings. The molecule has 0 fully saturated rings. The molecule has 0 bridgehead atoms. The maximum Gasteiger partial charge on any atom is 0.247 e. The van der Waals surface area contributed by atoms with E-state index in [4.69, 9.17) is 38.4 Å². The Labute approximate surface area is 648 Å². The van der Waals surface area contributed by atoms with Gasteiger partial charge in [-0.05, 0) is 136 Å². The third-order valence-corrected chi connectivity index (χ3v) is 16.7. The van der Waals surface area contributed by atoms with Crippen LogP contribution in [0.3, 0.4) is 0 Å². The van der Waals surface area contributed by atoms with E-state index in [0.29, 0.717) is 163 Å². The first kappa shape index (κ1) is 81.2. The number of carbonyl (C=O) groups excluding carboxylic acids is 3. The number of likely N-dealkylation sites (N-methyl/N-ethyl adjacent to an activating group) is 3. The monoisotopic (exact) mass is 1520 g/mol. The molecule has 112 heavy (non-hydrogen) atoms. The number of H-pyrrole nitrogens is 1. The molecule has 0 spiro atoms. The lowest BCUT2D eigenvalue weighted by atomic mass is 10.1. The minimum atomic E-state index is -0.464. The lowest BCUT2D eigenvalue weighted by Crippen LogP contribution is -2.20. The second kappa shape index (κ2) is 39.7. The Bertz CT molecular complexity index is 5250. The van der Waals surface area contributed by atoms with Gasteiger partial charge in [0.05, 0.1) is 88.6 Å². The van der Waals surface area contributed by atoms with Gasteiger partial charge in [0.1, 0.15) is 72.4 Å². The number of carbonyl (C=O) groups is 3. The minimum absolute atomic E-state index is 0.261. The van der Waals surface area contributed by atoms with Crippen molar-refractivity contribution in [2.24, 2.45) is 7.05 Å². The Balaban J connectivity index is 0.000000178. The Morgan fingerprint density at radius 3 is 1.29 bits per heavy atom. The van der Waals surface area contributed by atoms with Crippen LogP contribution >= 0.6 is 0 Å². The highest BCUT2D eigenvalue weighted by Gasteiger charge is 2.22. The van der Waals surface area contributed by atoms with Gasteiger partial charge in [-0.15, -0.1) is 0 Å². The zero-order chi connectivity index (χ0) is 79.6. The molecule has 0 aliphatic heterocycles. The molecule has 0 atom stereocenters. The summed E-state index contributed by atoms with van der Waals surface area (Å²) in [4.78, 5) is 69.7. The van der Waals surface area contributed by atoms with Crippen LogP contribution in [0.5, 0.6) is 34.5 Å². The number of hydrogen-bond acceptors (Lipinski definition) is 23. The van der Waals surface area contributed by atoms with Crippen molar-refractivity contribution in [3.63, 3.8) is 0 Å². The molecule has 6 heterocycles. The van der Waals surface area contributed by atoms with Gasteiger partial charge in [-0.3, -0.25) is 24.2 Å². The number of anilines is 9. The fraction of sp³-hybridized carbons (Fsp3) is 0.256. The number of halogens is 1. The molecule has 7 N–H and O–H groups in total. The molecule has 29 nitrogen and oxygen atoms in total. The summed E-state index contributed by atoms with van der Waals surface area (Å²) < 4.78 is 52.4. The summed E-state index contributed by atoms with van der Waals surface area (Å²) >= 11 is 0. The Morgan fingerprint density at radius 1 is 0.473 bits per heavy atom. The van der Waals surface area contributed by atoms with Gasteiger partial charge in [0.2, 0.25) is 35.6 Å². The number of fused-ring (bicyclic) bond motifs is 3. The van der Waals surface area contributed by atoms with Crippen molar-refractivity contribution in [2.45, 2.75) is 27.3 Å². The number of nitrogens with zero attached hydrogens (tertiary/aromatic N) is 13. The molecular formula is C82H93FN20O9. The average Bonchev–Trinajstić information content (AvgIpc) is 1.54. The Kier molecular flexibility index (Phi) is 28.8. The summed E-state index contributed by atoms with van der Waals surface area (Å²) in [6.45, 7) is 20.8. The summed E-state index contributed by atoms with van der Waals surface area (Å²) in [5.74, 6) is 2.99. The molecule has 0 radical (unpaired) electrons. The largest absolute Gasteiger partial charge is 0.492 e. The van der Waals surface area contributed by atoms with E-state index in [0.717, 1.165) is 49.7 Å². The third kappa shape index (κ3) is 21.5. The number of aromatic nitrogens is 11. The summed E-state index contributed by atoms with van der Waals surface area (Å²) in [6, 6.07) is 39.5. The zero-order valence-corrected chi connectivity index (χ0v) is 64.4. The van der Waals surface area contributed by atoms with Crippen LogP contribution < -0.4 is 60.3 Å². The normalized spacial score (nSPS) is 10.9. The smallest absolute Gasteiger partial charge is 0.247 e. The number of aryl methyl sites for hydroxylation is 2. The van der Waals surface area contributed by atoms with Crippen molar-refractivity contribution < 1.29 is 47.2 Å². The van der Waals surface area contributed by atoms with Crippen LogP contribution in [0.15, 0.2) is 190 Å². The SMILES string of the molecule is C=CC(=O)Nc1cc(Nc2nccc(-c3cn(CCF)c4ccccc34)n2)c(OCC)cc1OCCN(C)C.C=CC(=O)Nc1cc(Nc2nccc(-c3n[nH]c4ccccc34)n2)c(OCC)cc1OCCN(C)C.C=CC(=O)Nc1cc(Nc2nccc(-c3nn(C)c4ccccc34)n2)c(OCC)cc1OCCN(C)C. The van der Waals surface area contributed by atoms with Gasteiger partial charge in [-0.25, -0.2) is 34.3 Å². The van der Waals surface area contributed by atoms with E-state index >= 15 is 0 Å². The molecule has 0 saturated carbocycles. The number of nitrogens with one attached hydrogen (secondary N) is 7. The maximum absolute atomic E-state index is 13.2. The molecule has 6 aromatic carbocycles. The van der Waals surface area contributed by atoms with Gasteiger partial charge in [-0.2, -0.15) is 10.2 Å². The second-order valence-electron chi connectivity index (χ2n) is 25.6. The maximum atomic E-state index is 13.2. The van der Waals surface area contributed by atoms with Crippen LogP contribution in [0.4, 0.5) is 56.4 Å². The molecule has 0 unspecified atom stereocenters. The number of rotatable bonds is 35.